The third kappa shape index (κ3) is 4.61. The number of anilines is 3. The van der Waals surface area contributed by atoms with Crippen molar-refractivity contribution in [3.8, 4) is 5.75 Å². The van der Waals surface area contributed by atoms with E-state index in [9.17, 15) is 13.6 Å². The van der Waals surface area contributed by atoms with E-state index in [1.165, 1.54) is 31.5 Å². The Morgan fingerprint density at radius 3 is 2.67 bits per heavy atom. The maximum absolute atomic E-state index is 13.4. The number of halogens is 2. The van der Waals surface area contributed by atoms with Crippen molar-refractivity contribution in [3.63, 3.8) is 0 Å². The van der Waals surface area contributed by atoms with Gasteiger partial charge in [-0.2, -0.15) is 0 Å². The van der Waals surface area contributed by atoms with E-state index in [-0.39, 0.29) is 17.3 Å². The fourth-order valence-electron chi connectivity index (χ4n) is 1.97. The first-order valence-electron chi connectivity index (χ1n) is 7.31. The van der Waals surface area contributed by atoms with Crippen LogP contribution in [0.4, 0.5) is 26.1 Å². The normalized spacial score (nSPS) is 11.0. The van der Waals surface area contributed by atoms with Crippen LogP contribution in [0.1, 0.15) is 26.3 Å². The number of ether oxygens (including phenoxy) is 1. The third-order valence-electron chi connectivity index (χ3n) is 3.00. The molecule has 0 radical (unpaired) electrons. The highest BCUT2D eigenvalue weighted by molar-refractivity contribution is 5.88. The monoisotopic (exact) mass is 336 g/mol. The number of nitrogens with zero attached hydrogens (tertiary/aromatic N) is 2. The van der Waals surface area contributed by atoms with Gasteiger partial charge >= 0.3 is 0 Å². The molecule has 1 amide bonds. The summed E-state index contributed by atoms with van der Waals surface area (Å²) in [6, 6.07) is 4.06. The Bertz CT molecular complexity index is 732. The number of amides is 1. The van der Waals surface area contributed by atoms with Crippen molar-refractivity contribution in [2.45, 2.75) is 26.7 Å². The van der Waals surface area contributed by atoms with E-state index < -0.39 is 5.92 Å². The van der Waals surface area contributed by atoms with E-state index in [0.717, 1.165) is 6.92 Å². The van der Waals surface area contributed by atoms with Crippen LogP contribution in [-0.2, 0) is 10.7 Å². The molecule has 0 atom stereocenters. The Morgan fingerprint density at radius 2 is 2.04 bits per heavy atom. The minimum absolute atomic E-state index is 0.158. The number of carbonyl (C=O) groups excluding carboxylic acids is 1. The first kappa shape index (κ1) is 17.6. The molecule has 0 spiro atoms. The van der Waals surface area contributed by atoms with Crippen molar-refractivity contribution in [1.82, 2.24) is 9.97 Å². The summed E-state index contributed by atoms with van der Waals surface area (Å²) in [4.78, 5) is 19.2. The molecule has 128 valence electrons. The molecule has 2 N–H and O–H groups in total. The SMILES string of the molecule is CCOc1cnc(NC(C)=O)cc1Nc1cc(C(C)(F)F)ccn1. The number of pyridine rings is 2. The largest absolute Gasteiger partial charge is 0.490 e. The van der Waals surface area contributed by atoms with Crippen LogP contribution in [0.3, 0.4) is 0 Å². The first-order chi connectivity index (χ1) is 11.3. The summed E-state index contributed by atoms with van der Waals surface area (Å²) in [6.45, 7) is 4.39. The van der Waals surface area contributed by atoms with Gasteiger partial charge in [-0.3, -0.25) is 4.79 Å². The molecule has 24 heavy (non-hydrogen) atoms. The van der Waals surface area contributed by atoms with Gasteiger partial charge < -0.3 is 15.4 Å². The number of alkyl halides is 2. The summed E-state index contributed by atoms with van der Waals surface area (Å²) in [5.74, 6) is -2.28. The molecule has 0 saturated heterocycles. The molecule has 2 heterocycles. The molecule has 0 aliphatic carbocycles. The predicted molar refractivity (Wildman–Crippen MR) is 86.8 cm³/mol. The molecular weight excluding hydrogens is 318 g/mol. The number of rotatable bonds is 6. The van der Waals surface area contributed by atoms with Gasteiger partial charge in [0.15, 0.2) is 5.75 Å². The number of aromatic nitrogens is 2. The molecule has 6 nitrogen and oxygen atoms in total. The summed E-state index contributed by atoms with van der Waals surface area (Å²) >= 11 is 0. The fraction of sp³-hybridized carbons (Fsp3) is 0.312. The zero-order valence-corrected chi connectivity index (χ0v) is 13.6. The van der Waals surface area contributed by atoms with Crippen molar-refractivity contribution < 1.29 is 18.3 Å². The van der Waals surface area contributed by atoms with Gasteiger partial charge in [-0.05, 0) is 19.1 Å². The predicted octanol–water partition coefficient (Wildman–Crippen LogP) is 3.69. The number of hydrogen-bond acceptors (Lipinski definition) is 5. The topological polar surface area (TPSA) is 76.1 Å². The van der Waals surface area contributed by atoms with Gasteiger partial charge in [0.2, 0.25) is 5.91 Å². The van der Waals surface area contributed by atoms with Crippen LogP contribution in [0.15, 0.2) is 30.6 Å². The standard InChI is InChI=1S/C16H18F2N4O2/c1-4-24-13-9-20-15(21-10(2)23)8-12(13)22-14-7-11(5-6-19-14)16(3,17)18/h5-9H,4H2,1-3H3,(H2,19,20,21,22,23). The molecule has 0 saturated carbocycles. The Balaban J connectivity index is 2.34. The van der Waals surface area contributed by atoms with Crippen LogP contribution in [-0.4, -0.2) is 22.5 Å². The number of hydrogen-bond donors (Lipinski definition) is 2. The van der Waals surface area contributed by atoms with Crippen molar-refractivity contribution >= 4 is 23.2 Å². The van der Waals surface area contributed by atoms with Crippen molar-refractivity contribution in [3.05, 3.63) is 36.2 Å². The van der Waals surface area contributed by atoms with E-state index in [2.05, 4.69) is 20.6 Å². The van der Waals surface area contributed by atoms with Crippen molar-refractivity contribution in [1.29, 1.82) is 0 Å². The van der Waals surface area contributed by atoms with Crippen LogP contribution in [0.5, 0.6) is 5.75 Å². The molecule has 0 bridgehead atoms. The molecule has 0 unspecified atom stereocenters. The van der Waals surface area contributed by atoms with Gasteiger partial charge in [-0.15, -0.1) is 0 Å². The van der Waals surface area contributed by atoms with Crippen LogP contribution < -0.4 is 15.4 Å². The second kappa shape index (κ2) is 7.20. The van der Waals surface area contributed by atoms with E-state index >= 15 is 0 Å². The van der Waals surface area contributed by atoms with E-state index in [4.69, 9.17) is 4.74 Å². The van der Waals surface area contributed by atoms with E-state index in [1.807, 2.05) is 6.92 Å². The van der Waals surface area contributed by atoms with Gasteiger partial charge in [-0.1, -0.05) is 0 Å². The summed E-state index contributed by atoms with van der Waals surface area (Å²) in [7, 11) is 0. The second-order valence-electron chi connectivity index (χ2n) is 5.12. The summed E-state index contributed by atoms with van der Waals surface area (Å²) in [5.41, 5.74) is 0.300. The van der Waals surface area contributed by atoms with Gasteiger partial charge in [0, 0.05) is 31.7 Å². The Kier molecular flexibility index (Phi) is 5.28. The maximum Gasteiger partial charge on any atom is 0.270 e. The molecule has 2 aromatic heterocycles. The lowest BCUT2D eigenvalue weighted by molar-refractivity contribution is -0.114. The van der Waals surface area contributed by atoms with E-state index in [1.54, 1.807) is 6.07 Å². The summed E-state index contributed by atoms with van der Waals surface area (Å²) in [6.07, 6.45) is 2.74. The quantitative estimate of drug-likeness (QED) is 0.841. The molecule has 0 aliphatic heterocycles. The maximum atomic E-state index is 13.4. The molecule has 0 fully saturated rings. The molecule has 0 aliphatic rings. The lowest BCUT2D eigenvalue weighted by Crippen LogP contribution is -2.10. The smallest absolute Gasteiger partial charge is 0.270 e. The zero-order valence-electron chi connectivity index (χ0n) is 13.6. The second-order valence-corrected chi connectivity index (χ2v) is 5.12. The van der Waals surface area contributed by atoms with Crippen LogP contribution in [0, 0.1) is 0 Å². The molecular formula is C16H18F2N4O2. The molecule has 8 heteroatoms. The Labute approximate surface area is 138 Å². The third-order valence-corrected chi connectivity index (χ3v) is 3.00. The van der Waals surface area contributed by atoms with E-state index in [0.29, 0.717) is 23.9 Å². The van der Waals surface area contributed by atoms with Crippen LogP contribution in [0.25, 0.3) is 0 Å². The molecule has 0 aromatic carbocycles. The summed E-state index contributed by atoms with van der Waals surface area (Å²) in [5, 5.41) is 5.47. The lowest BCUT2D eigenvalue weighted by atomic mass is 10.1. The van der Waals surface area contributed by atoms with Gasteiger partial charge in [-0.25, -0.2) is 18.7 Å². The summed E-state index contributed by atoms with van der Waals surface area (Å²) < 4.78 is 32.3. The van der Waals surface area contributed by atoms with Crippen LogP contribution >= 0.6 is 0 Å². The highest BCUT2D eigenvalue weighted by Gasteiger charge is 2.24. The van der Waals surface area contributed by atoms with Gasteiger partial charge in [0.25, 0.3) is 5.92 Å². The highest BCUT2D eigenvalue weighted by Crippen LogP contribution is 2.31. The van der Waals surface area contributed by atoms with Crippen molar-refractivity contribution in [2.75, 3.05) is 17.2 Å². The Hall–Kier alpha value is -2.77. The average molecular weight is 336 g/mol. The highest BCUT2D eigenvalue weighted by atomic mass is 19.3. The van der Waals surface area contributed by atoms with Gasteiger partial charge in [0.1, 0.15) is 11.6 Å². The minimum atomic E-state index is -2.97. The lowest BCUT2D eigenvalue weighted by Gasteiger charge is -2.15. The number of carbonyl (C=O) groups is 1. The van der Waals surface area contributed by atoms with Crippen molar-refractivity contribution in [2.24, 2.45) is 0 Å². The average Bonchev–Trinajstić information content (AvgIpc) is 2.49. The Morgan fingerprint density at radius 1 is 1.29 bits per heavy atom. The zero-order chi connectivity index (χ0) is 17.7. The van der Waals surface area contributed by atoms with Crippen LogP contribution in [0.2, 0.25) is 0 Å². The first-order valence-corrected chi connectivity index (χ1v) is 7.31. The molecule has 2 rings (SSSR count). The number of nitrogens with one attached hydrogen (secondary N) is 2. The fourth-order valence-corrected chi connectivity index (χ4v) is 1.97. The van der Waals surface area contributed by atoms with Gasteiger partial charge in [0.05, 0.1) is 18.5 Å². The molecule has 2 aromatic rings. The minimum Gasteiger partial charge on any atom is -0.490 e.